The Morgan fingerprint density at radius 3 is 2.16 bits per heavy atom. The van der Waals surface area contributed by atoms with E-state index in [9.17, 15) is 9.59 Å². The predicted octanol–water partition coefficient (Wildman–Crippen LogP) is 4.93. The number of nitrogens with one attached hydrogen (secondary N) is 1. The van der Waals surface area contributed by atoms with Gasteiger partial charge in [-0.3, -0.25) is 14.6 Å². The Morgan fingerprint density at radius 2 is 1.52 bits per heavy atom. The molecule has 158 valence electrons. The Balaban J connectivity index is 1.28. The molecular formula is C25H24BrN3O2. The third-order valence-electron chi connectivity index (χ3n) is 5.62. The average molecular weight is 478 g/mol. The third-order valence-corrected chi connectivity index (χ3v) is 6.15. The van der Waals surface area contributed by atoms with Crippen molar-refractivity contribution >= 4 is 33.4 Å². The summed E-state index contributed by atoms with van der Waals surface area (Å²) >= 11 is 3.39. The van der Waals surface area contributed by atoms with Crippen molar-refractivity contribution in [2.75, 3.05) is 18.4 Å². The van der Waals surface area contributed by atoms with Crippen LogP contribution in [0.5, 0.6) is 0 Å². The van der Waals surface area contributed by atoms with E-state index in [-0.39, 0.29) is 17.7 Å². The Morgan fingerprint density at radius 1 is 0.903 bits per heavy atom. The van der Waals surface area contributed by atoms with Crippen LogP contribution in [0.25, 0.3) is 0 Å². The number of hydrogen-bond acceptors (Lipinski definition) is 3. The van der Waals surface area contributed by atoms with Crippen molar-refractivity contribution in [3.05, 3.63) is 94.2 Å². The molecular weight excluding hydrogens is 454 g/mol. The van der Waals surface area contributed by atoms with Crippen LogP contribution >= 0.6 is 15.9 Å². The van der Waals surface area contributed by atoms with Gasteiger partial charge in [-0.1, -0.05) is 28.1 Å². The highest BCUT2D eigenvalue weighted by atomic mass is 79.9. The van der Waals surface area contributed by atoms with E-state index >= 15 is 0 Å². The first-order chi connectivity index (χ1) is 15.1. The minimum atomic E-state index is -0.0783. The number of likely N-dealkylation sites (tertiary alicyclic amines) is 1. The highest BCUT2D eigenvalue weighted by Gasteiger charge is 2.27. The lowest BCUT2D eigenvalue weighted by Crippen LogP contribution is -2.41. The fourth-order valence-corrected chi connectivity index (χ4v) is 4.07. The molecule has 3 aromatic rings. The van der Waals surface area contributed by atoms with Crippen LogP contribution in [-0.2, 0) is 11.2 Å². The maximum Gasteiger partial charge on any atom is 0.253 e. The van der Waals surface area contributed by atoms with E-state index in [2.05, 4.69) is 26.2 Å². The molecule has 0 aliphatic carbocycles. The van der Waals surface area contributed by atoms with E-state index in [0.717, 1.165) is 16.6 Å². The average Bonchev–Trinajstić information content (AvgIpc) is 2.81. The normalized spacial score (nSPS) is 14.3. The van der Waals surface area contributed by atoms with Crippen molar-refractivity contribution < 1.29 is 9.59 Å². The van der Waals surface area contributed by atoms with Gasteiger partial charge in [-0.05, 0) is 78.9 Å². The number of carbonyl (C=O) groups is 2. The lowest BCUT2D eigenvalue weighted by atomic mass is 9.95. The third kappa shape index (κ3) is 5.58. The van der Waals surface area contributed by atoms with Crippen molar-refractivity contribution in [1.29, 1.82) is 0 Å². The number of nitrogens with zero attached hydrogens (tertiary/aromatic N) is 2. The van der Waals surface area contributed by atoms with Crippen LogP contribution in [-0.4, -0.2) is 34.8 Å². The topological polar surface area (TPSA) is 62.3 Å². The molecule has 2 amide bonds. The zero-order valence-corrected chi connectivity index (χ0v) is 18.7. The van der Waals surface area contributed by atoms with Gasteiger partial charge in [0, 0.05) is 47.1 Å². The molecule has 1 fully saturated rings. The molecule has 0 radical (unpaired) electrons. The van der Waals surface area contributed by atoms with Crippen LogP contribution in [0.15, 0.2) is 77.5 Å². The summed E-state index contributed by atoms with van der Waals surface area (Å²) in [7, 11) is 0. The summed E-state index contributed by atoms with van der Waals surface area (Å²) < 4.78 is 0.949. The number of aromatic nitrogens is 1. The van der Waals surface area contributed by atoms with Crippen molar-refractivity contribution in [2.45, 2.75) is 19.3 Å². The second-order valence-electron chi connectivity index (χ2n) is 7.79. The molecule has 0 saturated carbocycles. The van der Waals surface area contributed by atoms with E-state index in [4.69, 9.17) is 0 Å². The summed E-state index contributed by atoms with van der Waals surface area (Å²) in [4.78, 5) is 31.2. The van der Waals surface area contributed by atoms with E-state index in [1.54, 1.807) is 12.4 Å². The molecule has 1 N–H and O–H groups in total. The standard InChI is InChI=1S/C25H24BrN3O2/c26-22-5-3-21(4-6-22)25(31)29-15-11-20(12-16-29)24(30)28-23-7-1-18(2-8-23)17-19-9-13-27-14-10-19/h1-10,13-14,20H,11-12,15-17H2,(H,28,30). The van der Waals surface area contributed by atoms with Crippen LogP contribution in [0.4, 0.5) is 5.69 Å². The van der Waals surface area contributed by atoms with Crippen molar-refractivity contribution in [2.24, 2.45) is 5.92 Å². The summed E-state index contributed by atoms with van der Waals surface area (Å²) in [6, 6.07) is 19.4. The summed E-state index contributed by atoms with van der Waals surface area (Å²) in [5.74, 6) is -0.0285. The summed E-state index contributed by atoms with van der Waals surface area (Å²) in [6.07, 6.45) is 5.77. The number of amides is 2. The largest absolute Gasteiger partial charge is 0.339 e. The minimum Gasteiger partial charge on any atom is -0.339 e. The van der Waals surface area contributed by atoms with Crippen LogP contribution in [0.3, 0.4) is 0 Å². The van der Waals surface area contributed by atoms with E-state index in [0.29, 0.717) is 31.5 Å². The summed E-state index contributed by atoms with van der Waals surface area (Å²) in [5.41, 5.74) is 3.87. The van der Waals surface area contributed by atoms with Crippen molar-refractivity contribution in [3.8, 4) is 0 Å². The van der Waals surface area contributed by atoms with Gasteiger partial charge in [0.05, 0.1) is 0 Å². The first kappa shape index (κ1) is 21.2. The van der Waals surface area contributed by atoms with Gasteiger partial charge < -0.3 is 10.2 Å². The Bertz CT molecular complexity index is 1030. The molecule has 0 atom stereocenters. The smallest absolute Gasteiger partial charge is 0.253 e. The first-order valence-corrected chi connectivity index (χ1v) is 11.2. The van der Waals surface area contributed by atoms with Gasteiger partial charge in [0.1, 0.15) is 0 Å². The number of anilines is 1. The Hall–Kier alpha value is -2.99. The van der Waals surface area contributed by atoms with Gasteiger partial charge in [0.2, 0.25) is 5.91 Å². The number of piperidine rings is 1. The highest BCUT2D eigenvalue weighted by Crippen LogP contribution is 2.22. The van der Waals surface area contributed by atoms with Crippen LogP contribution in [0.2, 0.25) is 0 Å². The van der Waals surface area contributed by atoms with Gasteiger partial charge in [-0.25, -0.2) is 0 Å². The number of benzene rings is 2. The van der Waals surface area contributed by atoms with Gasteiger partial charge in [0.15, 0.2) is 0 Å². The first-order valence-electron chi connectivity index (χ1n) is 10.4. The second kappa shape index (κ2) is 9.88. The van der Waals surface area contributed by atoms with E-state index in [1.165, 1.54) is 11.1 Å². The Labute approximate surface area is 190 Å². The summed E-state index contributed by atoms with van der Waals surface area (Å²) in [6.45, 7) is 1.19. The molecule has 31 heavy (non-hydrogen) atoms. The number of halogens is 1. The minimum absolute atomic E-state index is 0.0242. The molecule has 1 aromatic heterocycles. The zero-order chi connectivity index (χ0) is 21.6. The molecule has 0 bridgehead atoms. The van der Waals surface area contributed by atoms with Gasteiger partial charge in [0.25, 0.3) is 5.91 Å². The molecule has 0 unspecified atom stereocenters. The fraction of sp³-hybridized carbons (Fsp3) is 0.240. The van der Waals surface area contributed by atoms with Gasteiger partial charge in [-0.15, -0.1) is 0 Å². The molecule has 1 saturated heterocycles. The van der Waals surface area contributed by atoms with Crippen LogP contribution in [0.1, 0.15) is 34.3 Å². The maximum absolute atomic E-state index is 12.7. The highest BCUT2D eigenvalue weighted by molar-refractivity contribution is 9.10. The molecule has 2 heterocycles. The van der Waals surface area contributed by atoms with Crippen LogP contribution in [0, 0.1) is 5.92 Å². The maximum atomic E-state index is 12.7. The lowest BCUT2D eigenvalue weighted by Gasteiger charge is -2.31. The van der Waals surface area contributed by atoms with Crippen molar-refractivity contribution in [3.63, 3.8) is 0 Å². The lowest BCUT2D eigenvalue weighted by molar-refractivity contribution is -0.121. The van der Waals surface area contributed by atoms with Crippen molar-refractivity contribution in [1.82, 2.24) is 9.88 Å². The molecule has 0 spiro atoms. The van der Waals surface area contributed by atoms with Crippen LogP contribution < -0.4 is 5.32 Å². The summed E-state index contributed by atoms with van der Waals surface area (Å²) in [5, 5.41) is 3.03. The Kier molecular flexibility index (Phi) is 6.77. The number of hydrogen-bond donors (Lipinski definition) is 1. The second-order valence-corrected chi connectivity index (χ2v) is 8.71. The number of carbonyl (C=O) groups excluding carboxylic acids is 2. The SMILES string of the molecule is O=C(Nc1ccc(Cc2ccncc2)cc1)C1CCN(C(=O)c2ccc(Br)cc2)CC1. The molecule has 5 nitrogen and oxygen atoms in total. The molecule has 1 aliphatic heterocycles. The zero-order valence-electron chi connectivity index (χ0n) is 17.1. The molecule has 2 aromatic carbocycles. The molecule has 4 rings (SSSR count). The predicted molar refractivity (Wildman–Crippen MR) is 125 cm³/mol. The molecule has 1 aliphatic rings. The van der Waals surface area contributed by atoms with E-state index < -0.39 is 0 Å². The van der Waals surface area contributed by atoms with E-state index in [1.807, 2.05) is 65.6 Å². The fourth-order valence-electron chi connectivity index (χ4n) is 3.81. The number of rotatable bonds is 5. The number of pyridine rings is 1. The monoisotopic (exact) mass is 477 g/mol. The van der Waals surface area contributed by atoms with Gasteiger partial charge >= 0.3 is 0 Å². The van der Waals surface area contributed by atoms with Gasteiger partial charge in [-0.2, -0.15) is 0 Å². The quantitative estimate of drug-likeness (QED) is 0.566. The molecule has 6 heteroatoms.